The van der Waals surface area contributed by atoms with E-state index in [1.54, 1.807) is 12.4 Å². The van der Waals surface area contributed by atoms with E-state index in [0.717, 1.165) is 17.7 Å². The van der Waals surface area contributed by atoms with Gasteiger partial charge in [0, 0.05) is 24.5 Å². The number of nitrogens with zero attached hydrogens (tertiary/aromatic N) is 3. The largest absolute Gasteiger partial charge is 0.337 e. The number of pyridine rings is 1. The van der Waals surface area contributed by atoms with Crippen molar-refractivity contribution in [1.29, 1.82) is 0 Å². The molecular weight excluding hydrogens is 216 g/mol. The first-order valence-electron chi connectivity index (χ1n) is 5.65. The SMILES string of the molecule is Cc1cnccc1-c1noc(NCC(C)C)n1. The summed E-state index contributed by atoms with van der Waals surface area (Å²) in [5.74, 6) is 1.13. The summed E-state index contributed by atoms with van der Waals surface area (Å²) in [6.45, 7) is 7.03. The van der Waals surface area contributed by atoms with E-state index in [-0.39, 0.29) is 0 Å². The van der Waals surface area contributed by atoms with E-state index in [0.29, 0.717) is 17.8 Å². The first-order chi connectivity index (χ1) is 8.16. The van der Waals surface area contributed by atoms with Gasteiger partial charge in [0.25, 0.3) is 0 Å². The topological polar surface area (TPSA) is 63.8 Å². The van der Waals surface area contributed by atoms with Crippen molar-refractivity contribution < 1.29 is 4.52 Å². The zero-order valence-electron chi connectivity index (χ0n) is 10.3. The third-order valence-corrected chi connectivity index (χ3v) is 2.35. The van der Waals surface area contributed by atoms with Crippen LogP contribution in [0.4, 0.5) is 6.01 Å². The zero-order chi connectivity index (χ0) is 12.3. The Kier molecular flexibility index (Phi) is 3.37. The molecule has 5 heteroatoms. The Hall–Kier alpha value is -1.91. The molecule has 0 amide bonds. The average molecular weight is 232 g/mol. The van der Waals surface area contributed by atoms with Gasteiger partial charge < -0.3 is 9.84 Å². The van der Waals surface area contributed by atoms with E-state index in [1.807, 2.05) is 13.0 Å². The molecule has 0 aromatic carbocycles. The molecule has 1 N–H and O–H groups in total. The standard InChI is InChI=1S/C12H16N4O/c1-8(2)6-14-12-15-11(16-17-12)10-4-5-13-7-9(10)3/h4-5,7-8H,6H2,1-3H3,(H,14,15,16). The van der Waals surface area contributed by atoms with E-state index in [1.165, 1.54) is 0 Å². The Morgan fingerprint density at radius 1 is 1.41 bits per heavy atom. The van der Waals surface area contributed by atoms with Crippen molar-refractivity contribution in [1.82, 2.24) is 15.1 Å². The first kappa shape index (κ1) is 11.6. The molecule has 5 nitrogen and oxygen atoms in total. The second-order valence-corrected chi connectivity index (χ2v) is 4.39. The van der Waals surface area contributed by atoms with E-state index >= 15 is 0 Å². The Bertz CT molecular complexity index is 493. The molecule has 2 rings (SSSR count). The van der Waals surface area contributed by atoms with Crippen LogP contribution >= 0.6 is 0 Å². The summed E-state index contributed by atoms with van der Waals surface area (Å²) >= 11 is 0. The predicted molar refractivity (Wildman–Crippen MR) is 65.6 cm³/mol. The fourth-order valence-electron chi connectivity index (χ4n) is 1.42. The van der Waals surface area contributed by atoms with Crippen LogP contribution < -0.4 is 5.32 Å². The van der Waals surface area contributed by atoms with Crippen LogP contribution in [0.1, 0.15) is 19.4 Å². The minimum Gasteiger partial charge on any atom is -0.337 e. The van der Waals surface area contributed by atoms with Gasteiger partial charge in [-0.25, -0.2) is 0 Å². The van der Waals surface area contributed by atoms with Crippen molar-refractivity contribution in [2.45, 2.75) is 20.8 Å². The van der Waals surface area contributed by atoms with Crippen LogP contribution in [-0.2, 0) is 0 Å². The number of nitrogens with one attached hydrogen (secondary N) is 1. The molecule has 0 spiro atoms. The van der Waals surface area contributed by atoms with Gasteiger partial charge in [-0.1, -0.05) is 19.0 Å². The number of hydrogen-bond donors (Lipinski definition) is 1. The molecule has 0 fully saturated rings. The molecule has 0 bridgehead atoms. The fourth-order valence-corrected chi connectivity index (χ4v) is 1.42. The van der Waals surface area contributed by atoms with Crippen molar-refractivity contribution in [3.05, 3.63) is 24.0 Å². The maximum absolute atomic E-state index is 5.13. The minimum absolute atomic E-state index is 0.463. The molecule has 0 aliphatic carbocycles. The second kappa shape index (κ2) is 4.95. The summed E-state index contributed by atoms with van der Waals surface area (Å²) in [4.78, 5) is 8.33. The highest BCUT2D eigenvalue weighted by Gasteiger charge is 2.10. The molecule has 17 heavy (non-hydrogen) atoms. The Labute approximate surface area is 100 Å². The summed E-state index contributed by atoms with van der Waals surface area (Å²) in [6.07, 6.45) is 3.51. The molecular formula is C12H16N4O. The highest BCUT2D eigenvalue weighted by atomic mass is 16.5. The molecule has 0 saturated carbocycles. The monoisotopic (exact) mass is 232 g/mol. The number of hydrogen-bond acceptors (Lipinski definition) is 5. The predicted octanol–water partition coefficient (Wildman–Crippen LogP) is 2.51. The molecule has 0 aliphatic rings. The summed E-state index contributed by atoms with van der Waals surface area (Å²) in [5.41, 5.74) is 1.98. The Morgan fingerprint density at radius 2 is 2.24 bits per heavy atom. The quantitative estimate of drug-likeness (QED) is 0.877. The zero-order valence-corrected chi connectivity index (χ0v) is 10.3. The number of aryl methyl sites for hydroxylation is 1. The van der Waals surface area contributed by atoms with Crippen molar-refractivity contribution >= 4 is 6.01 Å². The van der Waals surface area contributed by atoms with Gasteiger partial charge in [-0.2, -0.15) is 4.98 Å². The second-order valence-electron chi connectivity index (χ2n) is 4.39. The van der Waals surface area contributed by atoms with Crippen molar-refractivity contribution in [2.24, 2.45) is 5.92 Å². The Balaban J connectivity index is 2.16. The first-order valence-corrected chi connectivity index (χ1v) is 5.65. The molecule has 2 heterocycles. The van der Waals surface area contributed by atoms with E-state index in [9.17, 15) is 0 Å². The summed E-state index contributed by atoms with van der Waals surface area (Å²) < 4.78 is 5.13. The molecule has 2 aromatic heterocycles. The third kappa shape index (κ3) is 2.81. The van der Waals surface area contributed by atoms with Gasteiger partial charge in [0.1, 0.15) is 0 Å². The lowest BCUT2D eigenvalue weighted by atomic mass is 10.1. The van der Waals surface area contributed by atoms with Gasteiger partial charge in [0.15, 0.2) is 0 Å². The lowest BCUT2D eigenvalue weighted by Gasteiger charge is -2.02. The maximum Gasteiger partial charge on any atom is 0.321 e. The lowest BCUT2D eigenvalue weighted by Crippen LogP contribution is -2.07. The van der Waals surface area contributed by atoms with Crippen molar-refractivity contribution in [2.75, 3.05) is 11.9 Å². The van der Waals surface area contributed by atoms with Gasteiger partial charge in [-0.15, -0.1) is 0 Å². The normalized spacial score (nSPS) is 10.8. The van der Waals surface area contributed by atoms with Crippen LogP contribution in [0.5, 0.6) is 0 Å². The minimum atomic E-state index is 0.463. The number of anilines is 1. The lowest BCUT2D eigenvalue weighted by molar-refractivity contribution is 0.429. The summed E-state index contributed by atoms with van der Waals surface area (Å²) in [7, 11) is 0. The Morgan fingerprint density at radius 3 is 2.94 bits per heavy atom. The fraction of sp³-hybridized carbons (Fsp3) is 0.417. The molecule has 0 radical (unpaired) electrons. The van der Waals surface area contributed by atoms with Gasteiger partial charge in [-0.3, -0.25) is 4.98 Å². The number of rotatable bonds is 4. The van der Waals surface area contributed by atoms with Crippen LogP contribution in [0.2, 0.25) is 0 Å². The van der Waals surface area contributed by atoms with Crippen molar-refractivity contribution in [3.8, 4) is 11.4 Å². The molecule has 0 aliphatic heterocycles. The van der Waals surface area contributed by atoms with E-state index < -0.39 is 0 Å². The van der Waals surface area contributed by atoms with Crippen molar-refractivity contribution in [3.63, 3.8) is 0 Å². The van der Waals surface area contributed by atoms with E-state index in [4.69, 9.17) is 4.52 Å². The van der Waals surface area contributed by atoms with Gasteiger partial charge in [0.2, 0.25) is 5.82 Å². The molecule has 0 unspecified atom stereocenters. The molecule has 0 saturated heterocycles. The van der Waals surface area contributed by atoms with Crippen LogP contribution in [0.25, 0.3) is 11.4 Å². The van der Waals surface area contributed by atoms with E-state index in [2.05, 4.69) is 34.3 Å². The van der Waals surface area contributed by atoms with Crippen LogP contribution in [0.3, 0.4) is 0 Å². The van der Waals surface area contributed by atoms with Crippen LogP contribution in [-0.4, -0.2) is 21.7 Å². The van der Waals surface area contributed by atoms with Gasteiger partial charge in [-0.05, 0) is 24.5 Å². The summed E-state index contributed by atoms with van der Waals surface area (Å²) in [5, 5.41) is 7.05. The molecule has 2 aromatic rings. The smallest absolute Gasteiger partial charge is 0.321 e. The van der Waals surface area contributed by atoms with Gasteiger partial charge in [0.05, 0.1) is 0 Å². The van der Waals surface area contributed by atoms with Gasteiger partial charge >= 0.3 is 6.01 Å². The molecule has 0 atom stereocenters. The third-order valence-electron chi connectivity index (χ3n) is 2.35. The van der Waals surface area contributed by atoms with Crippen LogP contribution in [0.15, 0.2) is 23.0 Å². The highest BCUT2D eigenvalue weighted by Crippen LogP contribution is 2.20. The highest BCUT2D eigenvalue weighted by molar-refractivity contribution is 5.58. The average Bonchev–Trinajstić information content (AvgIpc) is 2.75. The maximum atomic E-state index is 5.13. The summed E-state index contributed by atoms with van der Waals surface area (Å²) in [6, 6.07) is 2.34. The molecule has 90 valence electrons. The number of aromatic nitrogens is 3. The van der Waals surface area contributed by atoms with Crippen LogP contribution in [0, 0.1) is 12.8 Å².